The summed E-state index contributed by atoms with van der Waals surface area (Å²) in [6.45, 7) is 3.63. The number of benzene rings is 1. The molecule has 0 spiro atoms. The van der Waals surface area contributed by atoms with E-state index in [4.69, 9.17) is 10.3 Å². The van der Waals surface area contributed by atoms with E-state index >= 15 is 0 Å². The van der Waals surface area contributed by atoms with Crippen molar-refractivity contribution in [3.63, 3.8) is 0 Å². The molecule has 0 saturated carbocycles. The first-order chi connectivity index (χ1) is 9.42. The highest BCUT2D eigenvalue weighted by molar-refractivity contribution is 7.92. The lowest BCUT2D eigenvalue weighted by atomic mass is 10.1. The summed E-state index contributed by atoms with van der Waals surface area (Å²) in [5.74, 6) is 0.692. The van der Waals surface area contributed by atoms with Gasteiger partial charge in [-0.2, -0.15) is 0 Å². The van der Waals surface area contributed by atoms with Gasteiger partial charge in [0.15, 0.2) is 5.82 Å². The second kappa shape index (κ2) is 5.64. The zero-order valence-corrected chi connectivity index (χ0v) is 12.1. The number of aromatic nitrogens is 1. The highest BCUT2D eigenvalue weighted by Crippen LogP contribution is 2.20. The number of nitrogens with one attached hydrogen (secondary N) is 1. The van der Waals surface area contributed by atoms with Crippen LogP contribution in [0.4, 0.5) is 5.82 Å². The van der Waals surface area contributed by atoms with E-state index in [2.05, 4.69) is 9.88 Å². The Morgan fingerprint density at radius 1 is 1.40 bits per heavy atom. The predicted molar refractivity (Wildman–Crippen MR) is 75.7 cm³/mol. The molecule has 1 aromatic carbocycles. The van der Waals surface area contributed by atoms with Gasteiger partial charge >= 0.3 is 0 Å². The SMILES string of the molecule is CCC(N)c1cccc(S(=O)(=O)Nc2cc(C)on2)c1. The standard InChI is InChI=1S/C13H17N3O3S/c1-3-12(14)10-5-4-6-11(8-10)20(17,18)16-13-7-9(2)19-15-13/h4-8,12H,3,14H2,1-2H3,(H,15,16). The molecular formula is C13H17N3O3S. The molecule has 1 aromatic heterocycles. The minimum atomic E-state index is -3.69. The summed E-state index contributed by atoms with van der Waals surface area (Å²) in [5, 5.41) is 3.61. The Morgan fingerprint density at radius 2 is 2.15 bits per heavy atom. The van der Waals surface area contributed by atoms with Crippen LogP contribution >= 0.6 is 0 Å². The van der Waals surface area contributed by atoms with Crippen molar-refractivity contribution in [2.75, 3.05) is 4.72 Å². The van der Waals surface area contributed by atoms with Crippen molar-refractivity contribution in [1.29, 1.82) is 0 Å². The van der Waals surface area contributed by atoms with Crippen LogP contribution in [0.5, 0.6) is 0 Å². The Bertz CT molecular complexity index is 694. The second-order valence-electron chi connectivity index (χ2n) is 4.52. The number of nitrogens with two attached hydrogens (primary N) is 1. The van der Waals surface area contributed by atoms with Crippen molar-refractivity contribution < 1.29 is 12.9 Å². The van der Waals surface area contributed by atoms with Crippen LogP contribution < -0.4 is 10.5 Å². The predicted octanol–water partition coefficient (Wildman–Crippen LogP) is 2.19. The minimum Gasteiger partial charge on any atom is -0.360 e. The van der Waals surface area contributed by atoms with Gasteiger partial charge in [0.2, 0.25) is 0 Å². The molecule has 0 aliphatic rings. The van der Waals surface area contributed by atoms with Gasteiger partial charge in [-0.25, -0.2) is 8.42 Å². The lowest BCUT2D eigenvalue weighted by Crippen LogP contribution is -2.15. The maximum atomic E-state index is 12.2. The van der Waals surface area contributed by atoms with Gasteiger partial charge in [-0.15, -0.1) is 0 Å². The van der Waals surface area contributed by atoms with Gasteiger partial charge in [0.1, 0.15) is 5.76 Å². The summed E-state index contributed by atoms with van der Waals surface area (Å²) in [5.41, 5.74) is 6.70. The first-order valence-electron chi connectivity index (χ1n) is 6.24. The Kier molecular flexibility index (Phi) is 4.10. The molecule has 20 heavy (non-hydrogen) atoms. The molecule has 1 unspecified atom stereocenters. The number of hydrogen-bond donors (Lipinski definition) is 2. The maximum absolute atomic E-state index is 12.2. The van der Waals surface area contributed by atoms with Crippen molar-refractivity contribution >= 4 is 15.8 Å². The van der Waals surface area contributed by atoms with Crippen molar-refractivity contribution in [3.05, 3.63) is 41.7 Å². The van der Waals surface area contributed by atoms with Crippen LogP contribution in [0.3, 0.4) is 0 Å². The molecule has 2 aromatic rings. The summed E-state index contributed by atoms with van der Waals surface area (Å²) in [4.78, 5) is 0.152. The van der Waals surface area contributed by atoms with E-state index in [0.717, 1.165) is 12.0 Å². The van der Waals surface area contributed by atoms with Gasteiger partial charge in [-0.05, 0) is 31.0 Å². The normalized spacial score (nSPS) is 13.2. The topological polar surface area (TPSA) is 98.2 Å². The Hall–Kier alpha value is -1.86. The van der Waals surface area contributed by atoms with Crippen LogP contribution in [0, 0.1) is 6.92 Å². The molecule has 7 heteroatoms. The molecule has 1 atom stereocenters. The molecule has 0 aliphatic heterocycles. The van der Waals surface area contributed by atoms with Crippen LogP contribution in [0.25, 0.3) is 0 Å². The molecule has 0 amide bonds. The molecule has 6 nitrogen and oxygen atoms in total. The van der Waals surface area contributed by atoms with Gasteiger partial charge in [-0.1, -0.05) is 24.2 Å². The molecular weight excluding hydrogens is 278 g/mol. The molecule has 0 aliphatic carbocycles. The summed E-state index contributed by atoms with van der Waals surface area (Å²) in [6.07, 6.45) is 0.736. The van der Waals surface area contributed by atoms with Crippen LogP contribution in [0.1, 0.15) is 30.7 Å². The summed E-state index contributed by atoms with van der Waals surface area (Å²) in [7, 11) is -3.69. The fraction of sp³-hybridized carbons (Fsp3) is 0.308. The van der Waals surface area contributed by atoms with Crippen molar-refractivity contribution in [2.24, 2.45) is 5.73 Å². The number of rotatable bonds is 5. The minimum absolute atomic E-state index is 0.152. The lowest BCUT2D eigenvalue weighted by Gasteiger charge is -2.11. The van der Waals surface area contributed by atoms with Crippen molar-refractivity contribution in [2.45, 2.75) is 31.2 Å². The average molecular weight is 295 g/mol. The van der Waals surface area contributed by atoms with Crippen molar-refractivity contribution in [3.8, 4) is 0 Å². The molecule has 1 heterocycles. The van der Waals surface area contributed by atoms with E-state index in [9.17, 15) is 8.42 Å². The monoisotopic (exact) mass is 295 g/mol. The number of aryl methyl sites for hydroxylation is 1. The molecule has 0 bridgehead atoms. The second-order valence-corrected chi connectivity index (χ2v) is 6.20. The first-order valence-corrected chi connectivity index (χ1v) is 7.72. The van der Waals surface area contributed by atoms with E-state index in [-0.39, 0.29) is 16.8 Å². The smallest absolute Gasteiger partial charge is 0.263 e. The molecule has 0 fully saturated rings. The third-order valence-corrected chi connectivity index (χ3v) is 4.26. The fourth-order valence-electron chi connectivity index (χ4n) is 1.76. The summed E-state index contributed by atoms with van der Waals surface area (Å²) in [6, 6.07) is 7.91. The molecule has 3 N–H and O–H groups in total. The van der Waals surface area contributed by atoms with Crippen LogP contribution in [-0.2, 0) is 10.0 Å². The van der Waals surface area contributed by atoms with Crippen LogP contribution in [0.15, 0.2) is 39.8 Å². The number of sulfonamides is 1. The molecule has 108 valence electrons. The Labute approximate surface area is 118 Å². The van der Waals surface area contributed by atoms with Gasteiger partial charge in [0, 0.05) is 12.1 Å². The molecule has 0 saturated heterocycles. The number of anilines is 1. The number of hydrogen-bond acceptors (Lipinski definition) is 5. The molecule has 0 radical (unpaired) electrons. The highest BCUT2D eigenvalue weighted by Gasteiger charge is 2.17. The Morgan fingerprint density at radius 3 is 2.75 bits per heavy atom. The summed E-state index contributed by atoms with van der Waals surface area (Å²) >= 11 is 0. The van der Waals surface area contributed by atoms with Gasteiger partial charge in [-0.3, -0.25) is 4.72 Å². The van der Waals surface area contributed by atoms with E-state index in [0.29, 0.717) is 5.76 Å². The van der Waals surface area contributed by atoms with Gasteiger partial charge in [0.05, 0.1) is 4.90 Å². The summed E-state index contributed by atoms with van der Waals surface area (Å²) < 4.78 is 31.7. The van der Waals surface area contributed by atoms with Crippen molar-refractivity contribution in [1.82, 2.24) is 5.16 Å². The van der Waals surface area contributed by atoms with E-state index in [1.807, 2.05) is 13.0 Å². The fourth-order valence-corrected chi connectivity index (χ4v) is 2.80. The third kappa shape index (κ3) is 3.17. The van der Waals surface area contributed by atoms with Gasteiger partial charge in [0.25, 0.3) is 10.0 Å². The molecule has 2 rings (SSSR count). The zero-order chi connectivity index (χ0) is 14.8. The van der Waals surface area contributed by atoms with Crippen LogP contribution in [0.2, 0.25) is 0 Å². The average Bonchev–Trinajstić information content (AvgIpc) is 2.82. The van der Waals surface area contributed by atoms with Crippen LogP contribution in [-0.4, -0.2) is 13.6 Å². The first kappa shape index (κ1) is 14.5. The van der Waals surface area contributed by atoms with E-state index in [1.54, 1.807) is 19.1 Å². The van der Waals surface area contributed by atoms with E-state index in [1.165, 1.54) is 12.1 Å². The zero-order valence-electron chi connectivity index (χ0n) is 11.3. The van der Waals surface area contributed by atoms with E-state index < -0.39 is 10.0 Å². The Balaban J connectivity index is 2.29. The third-order valence-electron chi connectivity index (χ3n) is 2.90. The quantitative estimate of drug-likeness (QED) is 0.881. The largest absolute Gasteiger partial charge is 0.360 e. The number of nitrogens with zero attached hydrogens (tertiary/aromatic N) is 1. The highest BCUT2D eigenvalue weighted by atomic mass is 32.2. The lowest BCUT2D eigenvalue weighted by molar-refractivity contribution is 0.400. The van der Waals surface area contributed by atoms with Gasteiger partial charge < -0.3 is 10.3 Å². The maximum Gasteiger partial charge on any atom is 0.263 e.